The third kappa shape index (κ3) is 3.67. The van der Waals surface area contributed by atoms with Crippen LogP contribution in [0.1, 0.15) is 0 Å². The number of rotatable bonds is 4. The number of pyridine rings is 1. The summed E-state index contributed by atoms with van der Waals surface area (Å²) >= 11 is 5.91. The maximum atomic E-state index is 12.3. The predicted molar refractivity (Wildman–Crippen MR) is 94.9 cm³/mol. The summed E-state index contributed by atoms with van der Waals surface area (Å²) in [4.78, 5) is 34.4. The van der Waals surface area contributed by atoms with E-state index in [2.05, 4.69) is 5.32 Å². The molecule has 7 nitrogen and oxygen atoms in total. The van der Waals surface area contributed by atoms with Crippen molar-refractivity contribution in [3.05, 3.63) is 80.1 Å². The van der Waals surface area contributed by atoms with Gasteiger partial charge in [-0.25, -0.2) is 0 Å². The summed E-state index contributed by atoms with van der Waals surface area (Å²) in [6, 6.07) is 11.9. The molecule has 2 aromatic carbocycles. The van der Waals surface area contributed by atoms with E-state index in [0.29, 0.717) is 21.6 Å². The molecule has 25 heavy (non-hydrogen) atoms. The third-order valence-electron chi connectivity index (χ3n) is 3.59. The second-order valence-electron chi connectivity index (χ2n) is 5.32. The highest BCUT2D eigenvalue weighted by Crippen LogP contribution is 2.18. The average molecular weight is 358 g/mol. The molecule has 1 heterocycles. The molecule has 0 saturated carbocycles. The standard InChI is InChI=1S/C17H12ClN3O4/c18-11-4-5-15-14(8-11)16(22)6-7-20(15)10-17(23)19-12-2-1-3-13(9-12)21(24)25/h1-9H,10H2,(H,19,23). The van der Waals surface area contributed by atoms with Gasteiger partial charge in [-0.2, -0.15) is 0 Å². The number of nitrogens with one attached hydrogen (secondary N) is 1. The molecule has 0 fully saturated rings. The van der Waals surface area contributed by atoms with Crippen LogP contribution in [0.3, 0.4) is 0 Å². The Bertz CT molecular complexity index is 1050. The maximum Gasteiger partial charge on any atom is 0.271 e. The molecule has 126 valence electrons. The zero-order chi connectivity index (χ0) is 18.0. The van der Waals surface area contributed by atoms with Crippen molar-refractivity contribution in [3.8, 4) is 0 Å². The lowest BCUT2D eigenvalue weighted by Gasteiger charge is -2.11. The highest BCUT2D eigenvalue weighted by atomic mass is 35.5. The van der Waals surface area contributed by atoms with Crippen LogP contribution in [0, 0.1) is 10.1 Å². The normalized spacial score (nSPS) is 10.6. The zero-order valence-corrected chi connectivity index (χ0v) is 13.6. The van der Waals surface area contributed by atoms with E-state index >= 15 is 0 Å². The zero-order valence-electron chi connectivity index (χ0n) is 12.8. The summed E-state index contributed by atoms with van der Waals surface area (Å²) in [5, 5.41) is 14.2. The summed E-state index contributed by atoms with van der Waals surface area (Å²) < 4.78 is 1.61. The van der Waals surface area contributed by atoms with E-state index in [1.165, 1.54) is 30.5 Å². The summed E-state index contributed by atoms with van der Waals surface area (Å²) in [5.41, 5.74) is 0.604. The number of carbonyl (C=O) groups excluding carboxylic acids is 1. The van der Waals surface area contributed by atoms with E-state index in [1.807, 2.05) is 0 Å². The number of fused-ring (bicyclic) bond motifs is 1. The minimum Gasteiger partial charge on any atom is -0.338 e. The van der Waals surface area contributed by atoms with Gasteiger partial charge in [0.2, 0.25) is 5.91 Å². The minimum absolute atomic E-state index is 0.0545. The average Bonchev–Trinajstić information content (AvgIpc) is 2.58. The van der Waals surface area contributed by atoms with E-state index in [9.17, 15) is 19.7 Å². The number of anilines is 1. The molecule has 0 aliphatic carbocycles. The van der Waals surface area contributed by atoms with E-state index in [-0.39, 0.29) is 23.6 Å². The fourth-order valence-electron chi connectivity index (χ4n) is 2.47. The monoisotopic (exact) mass is 357 g/mol. The number of aromatic nitrogens is 1. The van der Waals surface area contributed by atoms with Gasteiger partial charge in [0, 0.05) is 40.5 Å². The first-order chi connectivity index (χ1) is 11.9. The van der Waals surface area contributed by atoms with Gasteiger partial charge in [-0.1, -0.05) is 17.7 Å². The molecule has 1 aromatic heterocycles. The Kier molecular flexibility index (Phi) is 4.49. The van der Waals surface area contributed by atoms with Gasteiger partial charge in [-0.15, -0.1) is 0 Å². The number of nitro benzene ring substituents is 1. The van der Waals surface area contributed by atoms with Gasteiger partial charge in [-0.05, 0) is 24.3 Å². The van der Waals surface area contributed by atoms with Crippen molar-refractivity contribution in [2.24, 2.45) is 0 Å². The maximum absolute atomic E-state index is 12.3. The molecule has 1 N–H and O–H groups in total. The van der Waals surface area contributed by atoms with Crippen LogP contribution in [0.2, 0.25) is 5.02 Å². The molecule has 0 radical (unpaired) electrons. The first-order valence-corrected chi connectivity index (χ1v) is 7.65. The molecular formula is C17H12ClN3O4. The van der Waals surface area contributed by atoms with Crippen LogP contribution in [0.5, 0.6) is 0 Å². The van der Waals surface area contributed by atoms with Gasteiger partial charge < -0.3 is 9.88 Å². The van der Waals surface area contributed by atoms with E-state index < -0.39 is 4.92 Å². The number of non-ortho nitro benzene ring substituents is 1. The molecule has 0 saturated heterocycles. The van der Waals surface area contributed by atoms with Crippen LogP contribution in [0.25, 0.3) is 10.9 Å². The van der Waals surface area contributed by atoms with E-state index in [4.69, 9.17) is 11.6 Å². The van der Waals surface area contributed by atoms with E-state index in [0.717, 1.165) is 0 Å². The van der Waals surface area contributed by atoms with Crippen LogP contribution in [0.4, 0.5) is 11.4 Å². The molecule has 0 aliphatic rings. The van der Waals surface area contributed by atoms with Crippen molar-refractivity contribution in [1.29, 1.82) is 0 Å². The number of nitrogens with zero attached hydrogens (tertiary/aromatic N) is 2. The number of halogens is 1. The highest BCUT2D eigenvalue weighted by Gasteiger charge is 2.10. The van der Waals surface area contributed by atoms with Crippen molar-refractivity contribution in [2.75, 3.05) is 5.32 Å². The molecule has 3 aromatic rings. The fraction of sp³-hybridized carbons (Fsp3) is 0.0588. The molecule has 0 atom stereocenters. The van der Waals surface area contributed by atoms with Gasteiger partial charge in [-0.3, -0.25) is 19.7 Å². The Morgan fingerprint density at radius 3 is 2.76 bits per heavy atom. The Balaban J connectivity index is 1.85. The molecule has 0 spiro atoms. The molecule has 1 amide bonds. The summed E-state index contributed by atoms with van der Waals surface area (Å²) in [6.07, 6.45) is 1.52. The van der Waals surface area contributed by atoms with Crippen molar-refractivity contribution < 1.29 is 9.72 Å². The van der Waals surface area contributed by atoms with Crippen LogP contribution in [0.15, 0.2) is 59.5 Å². The Morgan fingerprint density at radius 2 is 2.00 bits per heavy atom. The van der Waals surface area contributed by atoms with Crippen molar-refractivity contribution in [2.45, 2.75) is 6.54 Å². The summed E-state index contributed by atoms with van der Waals surface area (Å²) in [7, 11) is 0. The number of nitro groups is 1. The van der Waals surface area contributed by atoms with Gasteiger partial charge in [0.25, 0.3) is 5.69 Å². The molecule has 0 aliphatic heterocycles. The lowest BCUT2D eigenvalue weighted by molar-refractivity contribution is -0.384. The third-order valence-corrected chi connectivity index (χ3v) is 3.83. The minimum atomic E-state index is -0.533. The summed E-state index contributed by atoms with van der Waals surface area (Å²) in [5.74, 6) is -0.375. The Morgan fingerprint density at radius 1 is 1.20 bits per heavy atom. The van der Waals surface area contributed by atoms with Crippen molar-refractivity contribution in [3.63, 3.8) is 0 Å². The topological polar surface area (TPSA) is 94.2 Å². The predicted octanol–water partition coefficient (Wildman–Crippen LogP) is 3.20. The molecule has 0 bridgehead atoms. The van der Waals surface area contributed by atoms with Crippen LogP contribution >= 0.6 is 11.6 Å². The molecule has 8 heteroatoms. The highest BCUT2D eigenvalue weighted by molar-refractivity contribution is 6.31. The van der Waals surface area contributed by atoms with Crippen molar-refractivity contribution in [1.82, 2.24) is 4.57 Å². The van der Waals surface area contributed by atoms with Crippen LogP contribution in [-0.2, 0) is 11.3 Å². The quantitative estimate of drug-likeness (QED) is 0.573. The van der Waals surface area contributed by atoms with Gasteiger partial charge in [0.05, 0.1) is 10.4 Å². The largest absolute Gasteiger partial charge is 0.338 e. The lowest BCUT2D eigenvalue weighted by Crippen LogP contribution is -2.20. The summed E-state index contributed by atoms with van der Waals surface area (Å²) in [6.45, 7) is -0.0545. The van der Waals surface area contributed by atoms with Gasteiger partial charge in [0.15, 0.2) is 5.43 Å². The second kappa shape index (κ2) is 6.74. The lowest BCUT2D eigenvalue weighted by atomic mass is 10.2. The van der Waals surface area contributed by atoms with Crippen LogP contribution in [-0.4, -0.2) is 15.4 Å². The number of hydrogen-bond acceptors (Lipinski definition) is 4. The second-order valence-corrected chi connectivity index (χ2v) is 5.76. The first kappa shape index (κ1) is 16.7. The fourth-order valence-corrected chi connectivity index (χ4v) is 2.65. The number of carbonyl (C=O) groups is 1. The molecule has 3 rings (SSSR count). The first-order valence-electron chi connectivity index (χ1n) is 7.27. The van der Waals surface area contributed by atoms with Crippen molar-refractivity contribution >= 4 is 39.8 Å². The molecule has 0 unspecified atom stereocenters. The Hall–Kier alpha value is -3.19. The number of amides is 1. The Labute approximate surface area is 146 Å². The van der Waals surface area contributed by atoms with Gasteiger partial charge >= 0.3 is 0 Å². The number of benzene rings is 2. The van der Waals surface area contributed by atoms with Crippen LogP contribution < -0.4 is 10.7 Å². The van der Waals surface area contributed by atoms with E-state index in [1.54, 1.807) is 28.8 Å². The SMILES string of the molecule is O=C(Cn1ccc(=O)c2cc(Cl)ccc21)Nc1cccc([N+](=O)[O-])c1. The smallest absolute Gasteiger partial charge is 0.271 e. The number of hydrogen-bond donors (Lipinski definition) is 1. The molecular weight excluding hydrogens is 346 g/mol. The van der Waals surface area contributed by atoms with Gasteiger partial charge in [0.1, 0.15) is 6.54 Å².